The maximum atomic E-state index is 13.0. The Morgan fingerprint density at radius 1 is 1.45 bits per heavy atom. The molecule has 1 fully saturated rings. The molecule has 1 aromatic heterocycles. The van der Waals surface area contributed by atoms with Crippen molar-refractivity contribution in [3.8, 4) is 17.1 Å². The van der Waals surface area contributed by atoms with Gasteiger partial charge in [-0.3, -0.25) is 5.10 Å². The van der Waals surface area contributed by atoms with E-state index < -0.39 is 5.82 Å². The van der Waals surface area contributed by atoms with Crippen molar-refractivity contribution in [1.82, 2.24) is 20.5 Å². The minimum absolute atomic E-state index is 0.152. The Morgan fingerprint density at radius 2 is 2.30 bits per heavy atom. The molecule has 2 aromatic rings. The fourth-order valence-electron chi connectivity index (χ4n) is 2.33. The highest BCUT2D eigenvalue weighted by atomic mass is 19.1. The van der Waals surface area contributed by atoms with Gasteiger partial charge in [0.15, 0.2) is 5.82 Å². The highest BCUT2D eigenvalue weighted by Crippen LogP contribution is 2.28. The molecule has 2 heterocycles. The zero-order valence-electron chi connectivity index (χ0n) is 11.1. The molecule has 106 valence electrons. The Balaban J connectivity index is 1.86. The van der Waals surface area contributed by atoms with E-state index in [9.17, 15) is 9.50 Å². The van der Waals surface area contributed by atoms with Crippen molar-refractivity contribution >= 4 is 5.95 Å². The lowest BCUT2D eigenvalue weighted by atomic mass is 10.2. The third-order valence-corrected chi connectivity index (χ3v) is 3.34. The third kappa shape index (κ3) is 2.44. The van der Waals surface area contributed by atoms with E-state index in [1.165, 1.54) is 12.1 Å². The molecular weight excluding hydrogens is 261 g/mol. The second-order valence-electron chi connectivity index (χ2n) is 4.95. The topological polar surface area (TPSA) is 77.1 Å². The summed E-state index contributed by atoms with van der Waals surface area (Å²) in [6, 6.07) is 4.20. The van der Waals surface area contributed by atoms with Gasteiger partial charge in [0.05, 0.1) is 5.56 Å². The van der Waals surface area contributed by atoms with Gasteiger partial charge in [-0.25, -0.2) is 4.39 Å². The molecule has 0 radical (unpaired) electrons. The molecule has 3 N–H and O–H groups in total. The second-order valence-corrected chi connectivity index (χ2v) is 4.95. The van der Waals surface area contributed by atoms with E-state index in [0.717, 1.165) is 25.7 Å². The van der Waals surface area contributed by atoms with Gasteiger partial charge < -0.3 is 15.3 Å². The van der Waals surface area contributed by atoms with Crippen LogP contribution in [-0.2, 0) is 0 Å². The number of aromatic hydroxyl groups is 1. The number of anilines is 1. The highest BCUT2D eigenvalue weighted by molar-refractivity contribution is 5.64. The number of piperazine rings is 1. The van der Waals surface area contributed by atoms with Gasteiger partial charge in [0, 0.05) is 31.7 Å². The number of halogens is 1. The maximum absolute atomic E-state index is 13.0. The molecule has 0 spiro atoms. The van der Waals surface area contributed by atoms with Gasteiger partial charge in [0.1, 0.15) is 11.6 Å². The summed E-state index contributed by atoms with van der Waals surface area (Å²) in [7, 11) is 0. The number of hydrogen-bond donors (Lipinski definition) is 3. The van der Waals surface area contributed by atoms with Crippen molar-refractivity contribution in [3.63, 3.8) is 0 Å². The molecule has 1 atom stereocenters. The Bertz CT molecular complexity index is 615. The Kier molecular flexibility index (Phi) is 3.27. The first kappa shape index (κ1) is 12.9. The summed E-state index contributed by atoms with van der Waals surface area (Å²) in [5.41, 5.74) is 0.438. The quantitative estimate of drug-likeness (QED) is 0.766. The molecule has 0 amide bonds. The van der Waals surface area contributed by atoms with Crippen molar-refractivity contribution in [2.24, 2.45) is 0 Å². The van der Waals surface area contributed by atoms with E-state index in [2.05, 4.69) is 32.3 Å². The van der Waals surface area contributed by atoms with Crippen LogP contribution in [0.15, 0.2) is 18.2 Å². The van der Waals surface area contributed by atoms with Gasteiger partial charge in [-0.1, -0.05) is 0 Å². The number of aromatic amines is 1. The van der Waals surface area contributed by atoms with Crippen LogP contribution in [0.5, 0.6) is 5.75 Å². The molecule has 7 heteroatoms. The number of H-pyrrole nitrogens is 1. The minimum atomic E-state index is -0.484. The molecule has 0 saturated carbocycles. The fraction of sp³-hybridized carbons (Fsp3) is 0.385. The average molecular weight is 277 g/mol. The molecule has 3 rings (SSSR count). The number of phenolic OH excluding ortho intramolecular Hbond substituents is 1. The van der Waals surface area contributed by atoms with Crippen LogP contribution >= 0.6 is 0 Å². The van der Waals surface area contributed by atoms with Crippen molar-refractivity contribution in [2.75, 3.05) is 24.5 Å². The number of rotatable bonds is 2. The van der Waals surface area contributed by atoms with Crippen LogP contribution in [0.2, 0.25) is 0 Å². The van der Waals surface area contributed by atoms with Crippen molar-refractivity contribution in [1.29, 1.82) is 0 Å². The molecule has 0 aliphatic carbocycles. The standard InChI is InChI=1S/C13H16FN5O/c1-8-7-19(5-4-15-8)13-16-12(17-18-13)10-3-2-9(14)6-11(10)20/h2-3,6,8,15,20H,4-5,7H2,1H3,(H,16,17,18). The van der Waals surface area contributed by atoms with Crippen LogP contribution in [0.25, 0.3) is 11.4 Å². The van der Waals surface area contributed by atoms with E-state index in [0.29, 0.717) is 23.4 Å². The monoisotopic (exact) mass is 277 g/mol. The van der Waals surface area contributed by atoms with E-state index >= 15 is 0 Å². The zero-order valence-corrected chi connectivity index (χ0v) is 11.1. The van der Waals surface area contributed by atoms with E-state index in [-0.39, 0.29) is 5.75 Å². The fourth-order valence-corrected chi connectivity index (χ4v) is 2.33. The molecular formula is C13H16FN5O. The van der Waals surface area contributed by atoms with E-state index in [4.69, 9.17) is 0 Å². The Morgan fingerprint density at radius 3 is 3.05 bits per heavy atom. The predicted molar refractivity (Wildman–Crippen MR) is 73.1 cm³/mol. The summed E-state index contributed by atoms with van der Waals surface area (Å²) in [5.74, 6) is 0.393. The number of nitrogens with zero attached hydrogens (tertiary/aromatic N) is 3. The normalized spacial score (nSPS) is 19.3. The van der Waals surface area contributed by atoms with E-state index in [1.807, 2.05) is 0 Å². The summed E-state index contributed by atoms with van der Waals surface area (Å²) < 4.78 is 13.0. The molecule has 20 heavy (non-hydrogen) atoms. The number of phenols is 1. The van der Waals surface area contributed by atoms with Crippen molar-refractivity contribution in [2.45, 2.75) is 13.0 Å². The summed E-state index contributed by atoms with van der Waals surface area (Å²) in [6.45, 7) is 4.64. The van der Waals surface area contributed by atoms with Gasteiger partial charge >= 0.3 is 0 Å². The summed E-state index contributed by atoms with van der Waals surface area (Å²) in [5, 5.41) is 20.1. The first-order valence-electron chi connectivity index (χ1n) is 6.53. The van der Waals surface area contributed by atoms with Gasteiger partial charge in [-0.05, 0) is 19.1 Å². The molecule has 1 aromatic carbocycles. The predicted octanol–water partition coefficient (Wildman–Crippen LogP) is 1.11. The first-order chi connectivity index (χ1) is 9.63. The number of hydrogen-bond acceptors (Lipinski definition) is 5. The van der Waals surface area contributed by atoms with Crippen LogP contribution in [0.3, 0.4) is 0 Å². The second kappa shape index (κ2) is 5.09. The smallest absolute Gasteiger partial charge is 0.245 e. The molecule has 1 aliphatic heterocycles. The van der Waals surface area contributed by atoms with Crippen LogP contribution in [0.4, 0.5) is 10.3 Å². The lowest BCUT2D eigenvalue weighted by molar-refractivity contribution is 0.470. The van der Waals surface area contributed by atoms with Gasteiger partial charge in [0.25, 0.3) is 0 Å². The number of nitrogens with one attached hydrogen (secondary N) is 2. The minimum Gasteiger partial charge on any atom is -0.507 e. The van der Waals surface area contributed by atoms with Crippen molar-refractivity contribution < 1.29 is 9.50 Å². The van der Waals surface area contributed by atoms with Crippen LogP contribution in [0.1, 0.15) is 6.92 Å². The lowest BCUT2D eigenvalue weighted by Gasteiger charge is -2.30. The van der Waals surface area contributed by atoms with Gasteiger partial charge in [0.2, 0.25) is 5.95 Å². The SMILES string of the molecule is CC1CN(c2n[nH]c(-c3ccc(F)cc3O)n2)CCN1. The Hall–Kier alpha value is -2.15. The van der Waals surface area contributed by atoms with Crippen LogP contribution in [-0.4, -0.2) is 46.0 Å². The average Bonchev–Trinajstić information content (AvgIpc) is 2.88. The summed E-state index contributed by atoms with van der Waals surface area (Å²) >= 11 is 0. The maximum Gasteiger partial charge on any atom is 0.245 e. The lowest BCUT2D eigenvalue weighted by Crippen LogP contribution is -2.49. The molecule has 6 nitrogen and oxygen atoms in total. The molecule has 0 bridgehead atoms. The van der Waals surface area contributed by atoms with Gasteiger partial charge in [-0.2, -0.15) is 4.98 Å². The summed E-state index contributed by atoms with van der Waals surface area (Å²) in [4.78, 5) is 6.45. The zero-order chi connectivity index (χ0) is 14.1. The first-order valence-corrected chi connectivity index (χ1v) is 6.53. The summed E-state index contributed by atoms with van der Waals surface area (Å²) in [6.07, 6.45) is 0. The van der Waals surface area contributed by atoms with Crippen LogP contribution < -0.4 is 10.2 Å². The third-order valence-electron chi connectivity index (χ3n) is 3.34. The van der Waals surface area contributed by atoms with Gasteiger partial charge in [-0.15, -0.1) is 5.10 Å². The van der Waals surface area contributed by atoms with E-state index in [1.54, 1.807) is 0 Å². The highest BCUT2D eigenvalue weighted by Gasteiger charge is 2.20. The largest absolute Gasteiger partial charge is 0.507 e. The number of benzene rings is 1. The molecule has 1 unspecified atom stereocenters. The van der Waals surface area contributed by atoms with Crippen LogP contribution in [0, 0.1) is 5.82 Å². The number of aromatic nitrogens is 3. The molecule has 1 saturated heterocycles. The Labute approximate surface area is 115 Å². The molecule has 1 aliphatic rings. The van der Waals surface area contributed by atoms with Crippen molar-refractivity contribution in [3.05, 3.63) is 24.0 Å².